The van der Waals surface area contributed by atoms with Gasteiger partial charge in [0.05, 0.1) is 6.54 Å². The first-order chi connectivity index (χ1) is 8.60. The Hall–Kier alpha value is -1.75. The Bertz CT molecular complexity index is 437. The fourth-order valence-electron chi connectivity index (χ4n) is 2.09. The predicted molar refractivity (Wildman–Crippen MR) is 67.6 cm³/mol. The first-order valence-corrected chi connectivity index (χ1v) is 5.97. The van der Waals surface area contributed by atoms with Gasteiger partial charge >= 0.3 is 6.09 Å². The van der Waals surface area contributed by atoms with Crippen LogP contribution in [-0.2, 0) is 11.3 Å². The van der Waals surface area contributed by atoms with E-state index in [1.807, 2.05) is 26.0 Å². The zero-order chi connectivity index (χ0) is 13.1. The minimum Gasteiger partial charge on any atom is -0.489 e. The number of hydrogen-bond acceptors (Lipinski definition) is 4. The van der Waals surface area contributed by atoms with Gasteiger partial charge in [-0.05, 0) is 30.5 Å². The molecule has 1 aliphatic rings. The molecule has 0 aliphatic carbocycles. The smallest absolute Gasteiger partial charge is 0.407 e. The molecule has 1 atom stereocenters. The molecule has 1 unspecified atom stereocenters. The van der Waals surface area contributed by atoms with Crippen LogP contribution in [0.2, 0.25) is 0 Å². The lowest BCUT2D eigenvalue weighted by atomic mass is 10.1. The van der Waals surface area contributed by atoms with Gasteiger partial charge in [-0.1, -0.05) is 12.1 Å². The predicted octanol–water partition coefficient (Wildman–Crippen LogP) is 1.25. The maximum absolute atomic E-state index is 10.9. The summed E-state index contributed by atoms with van der Waals surface area (Å²) in [5.74, 6) is 0.843. The standard InChI is InChI=1S/C13H18N2O3/c1-8-3-10(5-14)4-9(2)12(8)17-7-11-6-15-13(16)18-11/h3-4,11H,5-7,14H2,1-2H3,(H,15,16). The van der Waals surface area contributed by atoms with Crippen molar-refractivity contribution in [1.82, 2.24) is 5.32 Å². The number of cyclic esters (lactones) is 1. The maximum Gasteiger partial charge on any atom is 0.407 e. The van der Waals surface area contributed by atoms with Crippen molar-refractivity contribution >= 4 is 6.09 Å². The molecule has 0 aromatic heterocycles. The summed E-state index contributed by atoms with van der Waals surface area (Å²) in [5, 5.41) is 2.60. The Morgan fingerprint density at radius 1 is 1.44 bits per heavy atom. The minimum absolute atomic E-state index is 0.217. The second kappa shape index (κ2) is 5.27. The first kappa shape index (κ1) is 12.7. The topological polar surface area (TPSA) is 73.6 Å². The average molecular weight is 250 g/mol. The normalized spacial score (nSPS) is 18.4. The Labute approximate surface area is 106 Å². The van der Waals surface area contributed by atoms with Gasteiger partial charge in [-0.15, -0.1) is 0 Å². The van der Waals surface area contributed by atoms with E-state index in [9.17, 15) is 4.79 Å². The van der Waals surface area contributed by atoms with Crippen LogP contribution < -0.4 is 15.8 Å². The minimum atomic E-state index is -0.379. The van der Waals surface area contributed by atoms with Crippen LogP contribution in [0.25, 0.3) is 0 Å². The molecule has 0 radical (unpaired) electrons. The maximum atomic E-state index is 10.9. The lowest BCUT2D eigenvalue weighted by Crippen LogP contribution is -2.22. The van der Waals surface area contributed by atoms with Crippen LogP contribution in [0.1, 0.15) is 16.7 Å². The van der Waals surface area contributed by atoms with Gasteiger partial charge in [0.1, 0.15) is 12.4 Å². The van der Waals surface area contributed by atoms with Crippen LogP contribution in [0.3, 0.4) is 0 Å². The molecule has 0 saturated carbocycles. The van der Waals surface area contributed by atoms with E-state index >= 15 is 0 Å². The van der Waals surface area contributed by atoms with E-state index in [0.717, 1.165) is 22.4 Å². The van der Waals surface area contributed by atoms with Gasteiger partial charge in [0, 0.05) is 6.54 Å². The van der Waals surface area contributed by atoms with Crippen molar-refractivity contribution in [3.05, 3.63) is 28.8 Å². The number of ether oxygens (including phenoxy) is 2. The molecule has 1 aromatic rings. The molecule has 0 bridgehead atoms. The fourth-order valence-corrected chi connectivity index (χ4v) is 2.09. The molecule has 1 aromatic carbocycles. The van der Waals surface area contributed by atoms with Gasteiger partial charge in [0.15, 0.2) is 6.10 Å². The molecule has 98 valence electrons. The van der Waals surface area contributed by atoms with Crippen LogP contribution in [0, 0.1) is 13.8 Å². The highest BCUT2D eigenvalue weighted by molar-refractivity contribution is 5.69. The number of nitrogens with two attached hydrogens (primary N) is 1. The summed E-state index contributed by atoms with van der Waals surface area (Å²) in [4.78, 5) is 10.9. The van der Waals surface area contributed by atoms with Crippen LogP contribution >= 0.6 is 0 Å². The number of alkyl carbamates (subject to hydrolysis) is 1. The Balaban J connectivity index is 2.03. The SMILES string of the molecule is Cc1cc(CN)cc(C)c1OCC1CNC(=O)O1. The van der Waals surface area contributed by atoms with Gasteiger partial charge in [-0.2, -0.15) is 0 Å². The van der Waals surface area contributed by atoms with Gasteiger partial charge in [0.2, 0.25) is 0 Å². The highest BCUT2D eigenvalue weighted by Crippen LogP contribution is 2.25. The van der Waals surface area contributed by atoms with E-state index in [0.29, 0.717) is 19.7 Å². The van der Waals surface area contributed by atoms with Crippen molar-refractivity contribution in [3.63, 3.8) is 0 Å². The first-order valence-electron chi connectivity index (χ1n) is 5.97. The number of hydrogen-bond donors (Lipinski definition) is 2. The zero-order valence-electron chi connectivity index (χ0n) is 10.7. The Morgan fingerprint density at radius 3 is 2.61 bits per heavy atom. The molecule has 5 heteroatoms. The Morgan fingerprint density at radius 2 is 2.11 bits per heavy atom. The molecule has 1 saturated heterocycles. The quantitative estimate of drug-likeness (QED) is 0.843. The molecule has 3 N–H and O–H groups in total. The molecule has 1 heterocycles. The van der Waals surface area contributed by atoms with Gasteiger partial charge < -0.3 is 20.5 Å². The van der Waals surface area contributed by atoms with E-state index in [2.05, 4.69) is 5.32 Å². The molecule has 0 spiro atoms. The lowest BCUT2D eigenvalue weighted by Gasteiger charge is -2.15. The third-order valence-corrected chi connectivity index (χ3v) is 2.92. The molecular formula is C13H18N2O3. The van der Waals surface area contributed by atoms with Crippen LogP contribution in [0.4, 0.5) is 4.79 Å². The molecular weight excluding hydrogens is 232 g/mol. The monoisotopic (exact) mass is 250 g/mol. The van der Waals surface area contributed by atoms with Gasteiger partial charge in [0.25, 0.3) is 0 Å². The van der Waals surface area contributed by atoms with E-state index in [1.54, 1.807) is 0 Å². The summed E-state index contributed by atoms with van der Waals surface area (Å²) >= 11 is 0. The van der Waals surface area contributed by atoms with Crippen LogP contribution in [0.5, 0.6) is 5.75 Å². The van der Waals surface area contributed by atoms with Crippen molar-refractivity contribution < 1.29 is 14.3 Å². The van der Waals surface area contributed by atoms with Crippen molar-refractivity contribution in [3.8, 4) is 5.75 Å². The fraction of sp³-hybridized carbons (Fsp3) is 0.462. The summed E-state index contributed by atoms with van der Waals surface area (Å²) in [6.45, 7) is 5.35. The molecule has 18 heavy (non-hydrogen) atoms. The van der Waals surface area contributed by atoms with Crippen LogP contribution in [0.15, 0.2) is 12.1 Å². The highest BCUT2D eigenvalue weighted by atomic mass is 16.6. The van der Waals surface area contributed by atoms with Crippen molar-refractivity contribution in [2.24, 2.45) is 5.73 Å². The molecule has 1 amide bonds. The van der Waals surface area contributed by atoms with Gasteiger partial charge in [-0.3, -0.25) is 0 Å². The van der Waals surface area contributed by atoms with Crippen LogP contribution in [-0.4, -0.2) is 25.3 Å². The van der Waals surface area contributed by atoms with E-state index in [-0.39, 0.29) is 12.2 Å². The lowest BCUT2D eigenvalue weighted by molar-refractivity contribution is 0.104. The number of carbonyl (C=O) groups is 1. The second-order valence-electron chi connectivity index (χ2n) is 4.48. The summed E-state index contributed by atoms with van der Waals surface area (Å²) in [6, 6.07) is 4.03. The number of rotatable bonds is 4. The number of carbonyl (C=O) groups excluding carboxylic acids is 1. The van der Waals surface area contributed by atoms with Crippen molar-refractivity contribution in [2.75, 3.05) is 13.2 Å². The zero-order valence-corrected chi connectivity index (χ0v) is 10.7. The van der Waals surface area contributed by atoms with E-state index in [4.69, 9.17) is 15.2 Å². The molecule has 1 fully saturated rings. The number of nitrogens with one attached hydrogen (secondary N) is 1. The van der Waals surface area contributed by atoms with Gasteiger partial charge in [-0.25, -0.2) is 4.79 Å². The molecule has 1 aliphatic heterocycles. The van der Waals surface area contributed by atoms with Crippen molar-refractivity contribution in [2.45, 2.75) is 26.5 Å². The molecule has 2 rings (SSSR count). The average Bonchev–Trinajstić information content (AvgIpc) is 2.73. The van der Waals surface area contributed by atoms with Crippen molar-refractivity contribution in [1.29, 1.82) is 0 Å². The third kappa shape index (κ3) is 2.73. The summed E-state index contributed by atoms with van der Waals surface area (Å²) in [7, 11) is 0. The highest BCUT2D eigenvalue weighted by Gasteiger charge is 2.23. The van der Waals surface area contributed by atoms with E-state index < -0.39 is 0 Å². The summed E-state index contributed by atoms with van der Waals surface area (Å²) < 4.78 is 10.8. The summed E-state index contributed by atoms with van der Waals surface area (Å²) in [6.07, 6.45) is -0.596. The number of benzene rings is 1. The number of aryl methyl sites for hydroxylation is 2. The van der Waals surface area contributed by atoms with E-state index in [1.165, 1.54) is 0 Å². The summed E-state index contributed by atoms with van der Waals surface area (Å²) in [5.41, 5.74) is 8.81. The molecule has 5 nitrogen and oxygen atoms in total. The number of amides is 1. The second-order valence-corrected chi connectivity index (χ2v) is 4.48. The largest absolute Gasteiger partial charge is 0.489 e. The Kier molecular flexibility index (Phi) is 3.72. The third-order valence-electron chi connectivity index (χ3n) is 2.92.